The molecule has 0 spiro atoms. The van der Waals surface area contributed by atoms with E-state index >= 15 is 0 Å². The molecule has 7 atom stereocenters. The van der Waals surface area contributed by atoms with Crippen molar-refractivity contribution in [3.63, 3.8) is 0 Å². The minimum absolute atomic E-state index is 0.0664. The first-order valence-corrected chi connectivity index (χ1v) is 22.5. The zero-order valence-electron chi connectivity index (χ0n) is 36.8. The summed E-state index contributed by atoms with van der Waals surface area (Å²) in [6.45, 7) is 11.1. The molecule has 2 saturated heterocycles. The molecule has 6 rings (SSSR count). The van der Waals surface area contributed by atoms with Gasteiger partial charge in [-0.15, -0.1) is 0 Å². The van der Waals surface area contributed by atoms with Gasteiger partial charge in [-0.1, -0.05) is 63.1 Å². The summed E-state index contributed by atoms with van der Waals surface area (Å²) >= 11 is 1.90. The first kappa shape index (κ1) is 45.4. The Balaban J connectivity index is 1.02. The molecule has 3 fully saturated rings. The molecule has 1 unspecified atom stereocenters. The first-order chi connectivity index (χ1) is 28.7. The number of aliphatic hydroxyl groups excluding tert-OH is 1. The molecule has 0 bridgehead atoms. The number of benzene rings is 2. The summed E-state index contributed by atoms with van der Waals surface area (Å²) in [5, 5.41) is 17.3. The smallest absolute Gasteiger partial charge is 0.315 e. The number of hydrogen-bond acceptors (Lipinski definition) is 10. The maximum atomic E-state index is 12.4. The normalized spacial score (nSPS) is 26.1. The molecule has 3 heterocycles. The van der Waals surface area contributed by atoms with Crippen LogP contribution in [0.5, 0.6) is 23.0 Å². The van der Waals surface area contributed by atoms with Crippen molar-refractivity contribution < 1.29 is 43.1 Å². The third kappa shape index (κ3) is 10.8. The zero-order chi connectivity index (χ0) is 43.0. The Hall–Kier alpha value is -4.13. The van der Waals surface area contributed by atoms with Crippen molar-refractivity contribution in [3.8, 4) is 23.0 Å². The molecule has 1 saturated carbocycles. The lowest BCUT2D eigenvalue weighted by Gasteiger charge is -2.55. The number of fused-ring (bicyclic) bond motifs is 3. The van der Waals surface area contributed by atoms with Crippen LogP contribution in [0.3, 0.4) is 0 Å². The van der Waals surface area contributed by atoms with Crippen molar-refractivity contribution in [2.45, 2.75) is 121 Å². The number of thioether (sulfide) groups is 1. The lowest BCUT2D eigenvalue weighted by molar-refractivity contribution is -0.144. The second-order valence-corrected chi connectivity index (χ2v) is 19.0. The fraction of sp³-hybridized carbons (Fsp3) is 0.583. The van der Waals surface area contributed by atoms with Crippen LogP contribution in [0.25, 0.3) is 12.2 Å². The Morgan fingerprint density at radius 1 is 1.03 bits per heavy atom. The number of ether oxygens (including phenoxy) is 6. The van der Waals surface area contributed by atoms with E-state index in [0.29, 0.717) is 36.2 Å². The molecule has 2 amide bonds. The van der Waals surface area contributed by atoms with Crippen molar-refractivity contribution in [3.05, 3.63) is 70.3 Å². The predicted octanol–water partition coefficient (Wildman–Crippen LogP) is 8.69. The molecule has 1 aliphatic carbocycles. The van der Waals surface area contributed by atoms with Crippen LogP contribution in [-0.2, 0) is 27.1 Å². The van der Waals surface area contributed by atoms with Crippen LogP contribution in [0.15, 0.2) is 48.1 Å². The van der Waals surface area contributed by atoms with Gasteiger partial charge in [-0.3, -0.25) is 4.79 Å². The van der Waals surface area contributed by atoms with E-state index in [-0.39, 0.29) is 59.8 Å². The topological polar surface area (TPSA) is 134 Å². The van der Waals surface area contributed by atoms with E-state index in [9.17, 15) is 14.7 Å². The molecule has 0 aromatic heterocycles. The highest BCUT2D eigenvalue weighted by molar-refractivity contribution is 8.00. The first-order valence-electron chi connectivity index (χ1n) is 21.5. The highest BCUT2D eigenvalue weighted by atomic mass is 32.2. The molecule has 3 N–H and O–H groups in total. The lowest BCUT2D eigenvalue weighted by atomic mass is 9.57. The number of esters is 1. The quantitative estimate of drug-likeness (QED) is 0.0315. The van der Waals surface area contributed by atoms with Crippen LogP contribution in [-0.4, -0.2) is 86.6 Å². The van der Waals surface area contributed by atoms with Gasteiger partial charge in [0.2, 0.25) is 0 Å². The van der Waals surface area contributed by atoms with Gasteiger partial charge in [0.1, 0.15) is 17.1 Å². The van der Waals surface area contributed by atoms with Gasteiger partial charge in [0.15, 0.2) is 18.3 Å². The molecular formula is C48H66N2O9S. The van der Waals surface area contributed by atoms with Crippen LogP contribution < -0.4 is 29.6 Å². The Kier molecular flexibility index (Phi) is 15.3. The Bertz CT molecular complexity index is 1930. The molecule has 11 nitrogen and oxygen atoms in total. The predicted molar refractivity (Wildman–Crippen MR) is 238 cm³/mol. The number of rotatable bonds is 19. The summed E-state index contributed by atoms with van der Waals surface area (Å²) in [5.74, 6) is 3.96. The van der Waals surface area contributed by atoms with Crippen LogP contribution in [0, 0.1) is 17.3 Å². The second-order valence-electron chi connectivity index (χ2n) is 17.8. The number of nitrogens with one attached hydrogen (secondary N) is 2. The Labute approximate surface area is 361 Å². The van der Waals surface area contributed by atoms with Gasteiger partial charge in [0, 0.05) is 41.9 Å². The monoisotopic (exact) mass is 846 g/mol. The maximum absolute atomic E-state index is 12.4. The third-order valence-electron chi connectivity index (χ3n) is 12.9. The van der Waals surface area contributed by atoms with E-state index in [1.54, 1.807) is 21.3 Å². The number of unbranched alkanes of at least 4 members (excludes halogenated alkanes) is 1. The van der Waals surface area contributed by atoms with E-state index in [1.807, 2.05) is 36.0 Å². The summed E-state index contributed by atoms with van der Waals surface area (Å²) in [6, 6.07) is 8.56. The minimum atomic E-state index is -0.367. The van der Waals surface area contributed by atoms with Crippen molar-refractivity contribution >= 4 is 35.9 Å². The number of urea groups is 1. The highest BCUT2D eigenvalue weighted by Crippen LogP contribution is 2.55. The van der Waals surface area contributed by atoms with E-state index in [0.717, 1.165) is 84.5 Å². The molecular weight excluding hydrogens is 781 g/mol. The van der Waals surface area contributed by atoms with Crippen LogP contribution in [0.1, 0.15) is 102 Å². The van der Waals surface area contributed by atoms with Crippen molar-refractivity contribution in [1.29, 1.82) is 0 Å². The van der Waals surface area contributed by atoms with Gasteiger partial charge in [-0.2, -0.15) is 11.8 Å². The van der Waals surface area contributed by atoms with Gasteiger partial charge >= 0.3 is 12.0 Å². The molecule has 3 aliphatic heterocycles. The largest absolute Gasteiger partial charge is 0.496 e. The zero-order valence-corrected chi connectivity index (χ0v) is 37.6. The minimum Gasteiger partial charge on any atom is -0.496 e. The van der Waals surface area contributed by atoms with Crippen LogP contribution >= 0.6 is 11.8 Å². The van der Waals surface area contributed by atoms with Crippen LogP contribution in [0.2, 0.25) is 0 Å². The Morgan fingerprint density at radius 3 is 2.52 bits per heavy atom. The van der Waals surface area contributed by atoms with Gasteiger partial charge in [-0.05, 0) is 105 Å². The van der Waals surface area contributed by atoms with Crippen molar-refractivity contribution in [2.75, 3.05) is 40.5 Å². The van der Waals surface area contributed by atoms with Gasteiger partial charge in [0.25, 0.3) is 0 Å². The third-order valence-corrected chi connectivity index (χ3v) is 14.4. The fourth-order valence-electron chi connectivity index (χ4n) is 9.26. The molecule has 4 aliphatic rings. The maximum Gasteiger partial charge on any atom is 0.315 e. The van der Waals surface area contributed by atoms with Crippen LogP contribution in [0.4, 0.5) is 4.79 Å². The average Bonchev–Trinajstić information content (AvgIpc) is 3.79. The lowest BCUT2D eigenvalue weighted by Crippen LogP contribution is -2.58. The molecule has 60 heavy (non-hydrogen) atoms. The average molecular weight is 847 g/mol. The van der Waals surface area contributed by atoms with Gasteiger partial charge in [-0.25, -0.2) is 4.79 Å². The fourth-order valence-corrected chi connectivity index (χ4v) is 10.8. The molecule has 2 aromatic rings. The number of aliphatic hydroxyl groups is 1. The molecule has 12 heteroatoms. The summed E-state index contributed by atoms with van der Waals surface area (Å²) in [6.07, 6.45) is 17.0. The number of carbonyl (C=O) groups excluding carboxylic acids is 2. The highest BCUT2D eigenvalue weighted by Gasteiger charge is 2.55. The standard InChI is InChI=1S/C48H66N2O9S/c1-30(12-11-13-31(2)27-57-43(52)15-10-9-14-40-44-36(28-60-40)49-46(53)50-44)16-19-35-37(55-7)23-33(24-38(35)58-29-54-6)18-17-32-22-34-26-41-47(3,4)42(51)20-21-48(41,5)59-45(34)39(25-32)56-8/h11,13,16-18,22-25,31,36,40-42,44,51H,9-10,12,14-15,19-21,26-29H2,1-8H3,(H2,49,50,53)/b13-11+,18-17+,30-16+/t31?,36-,40-,41-,42-,44-,48-/m1/s1. The summed E-state index contributed by atoms with van der Waals surface area (Å²) in [4.78, 5) is 24.0. The number of allylic oxidation sites excluding steroid dienone is 3. The summed E-state index contributed by atoms with van der Waals surface area (Å²) < 4.78 is 35.4. The SMILES string of the molecule is COCOc1cc(/C=C/c2cc3c(c(OC)c2)O[C@]2(C)CC[C@@H](O)C(C)(C)[C@H]2C3)cc(OC)c1C/C=C(\C)C/C=C/C(C)COC(=O)CCCC[C@H]1SC[C@H]2NC(=O)N[C@H]21. The van der Waals surface area contributed by atoms with Gasteiger partial charge < -0.3 is 44.2 Å². The van der Waals surface area contributed by atoms with E-state index in [4.69, 9.17) is 28.4 Å². The second kappa shape index (κ2) is 20.2. The van der Waals surface area contributed by atoms with Gasteiger partial charge in [0.05, 0.1) is 39.0 Å². The molecule has 328 valence electrons. The van der Waals surface area contributed by atoms with E-state index in [2.05, 4.69) is 75.6 Å². The Morgan fingerprint density at radius 2 is 1.77 bits per heavy atom. The summed E-state index contributed by atoms with van der Waals surface area (Å²) in [5.41, 5.74) is 4.45. The van der Waals surface area contributed by atoms with E-state index in [1.165, 1.54) is 5.57 Å². The van der Waals surface area contributed by atoms with E-state index < -0.39 is 0 Å². The van der Waals surface area contributed by atoms with Crippen molar-refractivity contribution in [2.24, 2.45) is 17.3 Å². The summed E-state index contributed by atoms with van der Waals surface area (Å²) in [7, 11) is 4.95. The van der Waals surface area contributed by atoms with Crippen molar-refractivity contribution in [1.82, 2.24) is 10.6 Å². The number of amides is 2. The number of methoxy groups -OCH3 is 3. The molecule has 0 radical (unpaired) electrons. The molecule has 2 aromatic carbocycles. The number of carbonyl (C=O) groups is 2. The number of hydrogen-bond donors (Lipinski definition) is 3.